The number of hydrogen-bond donors (Lipinski definition) is 1. The molecular formula is C25H17BrN2O5. The molecule has 0 radical (unpaired) electrons. The Morgan fingerprint density at radius 1 is 1.00 bits per heavy atom. The molecule has 0 aliphatic carbocycles. The minimum absolute atomic E-state index is 0.0621. The van der Waals surface area contributed by atoms with Gasteiger partial charge in [0.05, 0.1) is 12.2 Å². The maximum absolute atomic E-state index is 12.8. The van der Waals surface area contributed by atoms with Gasteiger partial charge in [0.15, 0.2) is 6.61 Å². The Morgan fingerprint density at radius 3 is 2.61 bits per heavy atom. The summed E-state index contributed by atoms with van der Waals surface area (Å²) in [6.45, 7) is 0.293. The molecule has 1 aliphatic rings. The van der Waals surface area contributed by atoms with Crippen LogP contribution in [0.5, 0.6) is 5.75 Å². The maximum atomic E-state index is 12.8. The fourth-order valence-electron chi connectivity index (χ4n) is 3.64. The zero-order chi connectivity index (χ0) is 22.9. The first-order chi connectivity index (χ1) is 16.0. The van der Waals surface area contributed by atoms with Crippen molar-refractivity contribution in [1.82, 2.24) is 0 Å². The zero-order valence-corrected chi connectivity index (χ0v) is 18.8. The summed E-state index contributed by atoms with van der Waals surface area (Å²) >= 11 is 3.41. The highest BCUT2D eigenvalue weighted by atomic mass is 79.9. The van der Waals surface area contributed by atoms with Gasteiger partial charge >= 0.3 is 5.63 Å². The number of fused-ring (bicyclic) bond motifs is 2. The monoisotopic (exact) mass is 504 g/mol. The third-order valence-corrected chi connectivity index (χ3v) is 5.83. The van der Waals surface area contributed by atoms with Crippen LogP contribution >= 0.6 is 15.9 Å². The van der Waals surface area contributed by atoms with Crippen molar-refractivity contribution >= 4 is 50.1 Å². The van der Waals surface area contributed by atoms with Gasteiger partial charge in [-0.1, -0.05) is 46.3 Å². The Labute approximate surface area is 196 Å². The topological polar surface area (TPSA) is 88.8 Å². The number of benzene rings is 3. The lowest BCUT2D eigenvalue weighted by atomic mass is 10.1. The van der Waals surface area contributed by atoms with Crippen LogP contribution in [0.3, 0.4) is 0 Å². The molecule has 1 aromatic heterocycles. The summed E-state index contributed by atoms with van der Waals surface area (Å²) in [6.07, 6.45) is 0. The number of nitrogens with zero attached hydrogens (tertiary/aromatic N) is 1. The lowest BCUT2D eigenvalue weighted by Crippen LogP contribution is -2.38. The fourth-order valence-corrected chi connectivity index (χ4v) is 3.91. The van der Waals surface area contributed by atoms with Crippen molar-refractivity contribution in [3.63, 3.8) is 0 Å². The van der Waals surface area contributed by atoms with Crippen molar-refractivity contribution in [2.75, 3.05) is 16.8 Å². The number of hydrogen-bond acceptors (Lipinski definition) is 5. The van der Waals surface area contributed by atoms with E-state index in [1.807, 2.05) is 24.3 Å². The number of rotatable bonds is 4. The van der Waals surface area contributed by atoms with Gasteiger partial charge in [0.2, 0.25) is 0 Å². The molecule has 33 heavy (non-hydrogen) atoms. The van der Waals surface area contributed by atoms with E-state index in [0.717, 1.165) is 10.0 Å². The summed E-state index contributed by atoms with van der Waals surface area (Å²) in [5.41, 5.74) is 1.49. The molecule has 0 bridgehead atoms. The van der Waals surface area contributed by atoms with Gasteiger partial charge in [-0.25, -0.2) is 4.79 Å². The first-order valence-electron chi connectivity index (χ1n) is 10.1. The second kappa shape index (κ2) is 8.55. The molecule has 0 saturated carbocycles. The van der Waals surface area contributed by atoms with Gasteiger partial charge in [-0.15, -0.1) is 0 Å². The van der Waals surface area contributed by atoms with Crippen LogP contribution in [0.2, 0.25) is 0 Å². The molecule has 0 atom stereocenters. The van der Waals surface area contributed by atoms with E-state index >= 15 is 0 Å². The van der Waals surface area contributed by atoms with Gasteiger partial charge in [0.25, 0.3) is 11.8 Å². The Kier molecular flexibility index (Phi) is 5.43. The third kappa shape index (κ3) is 4.25. The molecule has 164 valence electrons. The molecule has 4 aromatic rings. The van der Waals surface area contributed by atoms with E-state index in [-0.39, 0.29) is 18.1 Å². The second-order valence-corrected chi connectivity index (χ2v) is 8.43. The molecular weight excluding hydrogens is 488 g/mol. The first-order valence-corrected chi connectivity index (χ1v) is 10.9. The predicted octanol–water partition coefficient (Wildman–Crippen LogP) is 4.73. The Balaban J connectivity index is 1.44. The van der Waals surface area contributed by atoms with Gasteiger partial charge in [-0.2, -0.15) is 0 Å². The summed E-state index contributed by atoms with van der Waals surface area (Å²) < 4.78 is 11.8. The van der Waals surface area contributed by atoms with Gasteiger partial charge in [-0.3, -0.25) is 9.59 Å². The van der Waals surface area contributed by atoms with Crippen LogP contribution in [0.15, 0.2) is 86.5 Å². The van der Waals surface area contributed by atoms with Crippen LogP contribution in [-0.4, -0.2) is 18.4 Å². The fraction of sp³-hybridized carbons (Fsp3) is 0.0800. The summed E-state index contributed by atoms with van der Waals surface area (Å²) in [4.78, 5) is 39.4. The second-order valence-electron chi connectivity index (χ2n) is 7.52. The average Bonchev–Trinajstić information content (AvgIpc) is 2.81. The van der Waals surface area contributed by atoms with Gasteiger partial charge in [0, 0.05) is 15.5 Å². The molecule has 0 saturated heterocycles. The summed E-state index contributed by atoms with van der Waals surface area (Å²) in [5.74, 6) is -0.254. The summed E-state index contributed by atoms with van der Waals surface area (Å²) in [6, 6.07) is 21.2. The van der Waals surface area contributed by atoms with Crippen LogP contribution in [-0.2, 0) is 11.3 Å². The van der Waals surface area contributed by atoms with Gasteiger partial charge in [-0.05, 0) is 48.0 Å². The number of nitrogens with one attached hydrogen (secondary N) is 1. The van der Waals surface area contributed by atoms with E-state index in [9.17, 15) is 14.4 Å². The van der Waals surface area contributed by atoms with Gasteiger partial charge in [0.1, 0.15) is 16.9 Å². The van der Waals surface area contributed by atoms with Crippen LogP contribution < -0.4 is 20.6 Å². The number of para-hydroxylation sites is 1. The van der Waals surface area contributed by atoms with Crippen molar-refractivity contribution in [3.05, 3.63) is 98.8 Å². The van der Waals surface area contributed by atoms with Crippen molar-refractivity contribution in [3.8, 4) is 5.75 Å². The molecule has 2 amide bonds. The Bertz CT molecular complexity index is 1450. The molecule has 1 aliphatic heterocycles. The SMILES string of the molecule is O=C(Nc1ccc2c(c1)N(Cc1ccc(Br)cc1)C(=O)CO2)c1cc2ccccc2oc1=O. The van der Waals surface area contributed by atoms with E-state index in [0.29, 0.717) is 34.6 Å². The normalized spacial score (nSPS) is 12.9. The third-order valence-electron chi connectivity index (χ3n) is 5.30. The van der Waals surface area contributed by atoms with Gasteiger partial charge < -0.3 is 19.4 Å². The molecule has 5 rings (SSSR count). The van der Waals surface area contributed by atoms with E-state index in [1.54, 1.807) is 47.4 Å². The van der Waals surface area contributed by atoms with Crippen LogP contribution in [0.1, 0.15) is 15.9 Å². The highest BCUT2D eigenvalue weighted by Gasteiger charge is 2.26. The van der Waals surface area contributed by atoms with Crippen molar-refractivity contribution in [2.24, 2.45) is 0 Å². The number of ether oxygens (including phenoxy) is 1. The molecule has 1 N–H and O–H groups in total. The minimum Gasteiger partial charge on any atom is -0.482 e. The molecule has 3 aromatic carbocycles. The Morgan fingerprint density at radius 2 is 1.79 bits per heavy atom. The predicted molar refractivity (Wildman–Crippen MR) is 128 cm³/mol. The highest BCUT2D eigenvalue weighted by Crippen LogP contribution is 2.35. The average molecular weight is 505 g/mol. The first kappa shape index (κ1) is 21.0. The number of carbonyl (C=O) groups is 2. The highest BCUT2D eigenvalue weighted by molar-refractivity contribution is 9.10. The Hall–Kier alpha value is -3.91. The van der Waals surface area contributed by atoms with Crippen molar-refractivity contribution < 1.29 is 18.7 Å². The summed E-state index contributed by atoms with van der Waals surface area (Å²) in [7, 11) is 0. The van der Waals surface area contributed by atoms with Crippen LogP contribution in [0.4, 0.5) is 11.4 Å². The molecule has 0 unspecified atom stereocenters. The summed E-state index contributed by atoms with van der Waals surface area (Å²) in [5, 5.41) is 3.37. The standard InChI is InChI=1S/C25H17BrN2O5/c26-17-7-5-15(6-8-17)13-28-20-12-18(9-10-22(20)32-14-23(28)29)27-24(30)19-11-16-3-1-2-4-21(16)33-25(19)31/h1-12H,13-14H2,(H,27,30). The number of halogens is 1. The van der Waals surface area contributed by atoms with E-state index in [1.165, 1.54) is 6.07 Å². The number of amides is 2. The van der Waals surface area contributed by atoms with Crippen LogP contribution in [0.25, 0.3) is 11.0 Å². The lowest BCUT2D eigenvalue weighted by Gasteiger charge is -2.30. The van der Waals surface area contributed by atoms with Crippen molar-refractivity contribution in [2.45, 2.75) is 6.54 Å². The maximum Gasteiger partial charge on any atom is 0.349 e. The molecule has 0 spiro atoms. The van der Waals surface area contributed by atoms with Crippen molar-refractivity contribution in [1.29, 1.82) is 0 Å². The quantitative estimate of drug-likeness (QED) is 0.405. The largest absolute Gasteiger partial charge is 0.482 e. The molecule has 0 fully saturated rings. The molecule has 8 heteroatoms. The lowest BCUT2D eigenvalue weighted by molar-refractivity contribution is -0.121. The zero-order valence-electron chi connectivity index (χ0n) is 17.2. The number of carbonyl (C=O) groups excluding carboxylic acids is 2. The minimum atomic E-state index is -0.723. The van der Waals surface area contributed by atoms with E-state index < -0.39 is 11.5 Å². The number of anilines is 2. The van der Waals surface area contributed by atoms with Crippen LogP contribution in [0, 0.1) is 0 Å². The van der Waals surface area contributed by atoms with E-state index in [2.05, 4.69) is 21.2 Å². The molecule has 7 nitrogen and oxygen atoms in total. The van der Waals surface area contributed by atoms with E-state index in [4.69, 9.17) is 9.15 Å². The smallest absolute Gasteiger partial charge is 0.349 e. The molecule has 2 heterocycles.